The van der Waals surface area contributed by atoms with Gasteiger partial charge in [0.1, 0.15) is 12.4 Å². The molecule has 1 aliphatic rings. The lowest BCUT2D eigenvalue weighted by molar-refractivity contribution is 0.173. The van der Waals surface area contributed by atoms with Crippen LogP contribution in [0.25, 0.3) is 0 Å². The molecule has 1 aliphatic heterocycles. The summed E-state index contributed by atoms with van der Waals surface area (Å²) in [4.78, 5) is 4.21. The van der Waals surface area contributed by atoms with Crippen LogP contribution in [0.2, 0.25) is 0 Å². The fourth-order valence-electron chi connectivity index (χ4n) is 1.89. The van der Waals surface area contributed by atoms with Crippen LogP contribution in [0, 0.1) is 0 Å². The molecule has 2 aromatic rings. The Kier molecular flexibility index (Phi) is 3.20. The van der Waals surface area contributed by atoms with E-state index in [1.165, 1.54) is 0 Å². The molecule has 0 fully saturated rings. The Morgan fingerprint density at radius 3 is 2.79 bits per heavy atom. The normalized spacial score (nSPS) is 12.5. The summed E-state index contributed by atoms with van der Waals surface area (Å²) in [5.74, 6) is 2.11. The molecule has 3 rings (SSSR count). The fraction of sp³-hybridized carbons (Fsp3) is 0.214. The zero-order valence-electron chi connectivity index (χ0n) is 10.3. The molecule has 2 heterocycles. The van der Waals surface area contributed by atoms with Crippen molar-refractivity contribution in [3.63, 3.8) is 0 Å². The van der Waals surface area contributed by atoms with Crippen LogP contribution in [0.15, 0.2) is 36.5 Å². The minimum atomic E-state index is 0.239. The SMILES string of the molecule is NCc1cc2c(cc1OCc1ccccn1)OCO2. The maximum Gasteiger partial charge on any atom is 0.231 e. The summed E-state index contributed by atoms with van der Waals surface area (Å²) in [6.07, 6.45) is 1.74. The minimum absolute atomic E-state index is 0.239. The van der Waals surface area contributed by atoms with Crippen molar-refractivity contribution < 1.29 is 14.2 Å². The van der Waals surface area contributed by atoms with Crippen molar-refractivity contribution in [2.45, 2.75) is 13.2 Å². The highest BCUT2D eigenvalue weighted by atomic mass is 16.7. The molecule has 0 unspecified atom stereocenters. The van der Waals surface area contributed by atoms with Crippen molar-refractivity contribution in [1.29, 1.82) is 0 Å². The van der Waals surface area contributed by atoms with E-state index in [1.54, 1.807) is 6.20 Å². The third kappa shape index (κ3) is 2.46. The Balaban J connectivity index is 1.80. The van der Waals surface area contributed by atoms with Crippen LogP contribution in [0.1, 0.15) is 11.3 Å². The zero-order valence-corrected chi connectivity index (χ0v) is 10.3. The first kappa shape index (κ1) is 11.8. The average molecular weight is 258 g/mol. The van der Waals surface area contributed by atoms with Crippen molar-refractivity contribution in [2.75, 3.05) is 6.79 Å². The maximum absolute atomic E-state index is 5.76. The Morgan fingerprint density at radius 1 is 1.21 bits per heavy atom. The van der Waals surface area contributed by atoms with Gasteiger partial charge in [-0.25, -0.2) is 0 Å². The first-order chi connectivity index (χ1) is 9.36. The number of rotatable bonds is 4. The average Bonchev–Trinajstić information content (AvgIpc) is 2.92. The second-order valence-electron chi connectivity index (χ2n) is 4.13. The van der Waals surface area contributed by atoms with Crippen LogP contribution in [0.5, 0.6) is 17.2 Å². The zero-order chi connectivity index (χ0) is 13.1. The highest BCUT2D eigenvalue weighted by molar-refractivity contribution is 5.51. The van der Waals surface area contributed by atoms with Crippen molar-refractivity contribution in [3.05, 3.63) is 47.8 Å². The molecule has 0 spiro atoms. The molecule has 5 heteroatoms. The van der Waals surface area contributed by atoms with Crippen molar-refractivity contribution in [3.8, 4) is 17.2 Å². The summed E-state index contributed by atoms with van der Waals surface area (Å²) in [5, 5.41) is 0. The van der Waals surface area contributed by atoms with E-state index in [0.29, 0.717) is 30.4 Å². The van der Waals surface area contributed by atoms with Gasteiger partial charge in [-0.2, -0.15) is 0 Å². The number of ether oxygens (including phenoxy) is 3. The number of nitrogens with two attached hydrogens (primary N) is 1. The van der Waals surface area contributed by atoms with Crippen LogP contribution in [-0.4, -0.2) is 11.8 Å². The molecule has 0 saturated carbocycles. The molecule has 5 nitrogen and oxygen atoms in total. The van der Waals surface area contributed by atoms with Crippen molar-refractivity contribution in [2.24, 2.45) is 5.73 Å². The summed E-state index contributed by atoms with van der Waals surface area (Å²) in [7, 11) is 0. The lowest BCUT2D eigenvalue weighted by atomic mass is 10.2. The lowest BCUT2D eigenvalue weighted by Gasteiger charge is -2.11. The van der Waals surface area contributed by atoms with E-state index in [4.69, 9.17) is 19.9 Å². The quantitative estimate of drug-likeness (QED) is 0.906. The molecule has 0 saturated heterocycles. The topological polar surface area (TPSA) is 66.6 Å². The van der Waals surface area contributed by atoms with Gasteiger partial charge in [0, 0.05) is 24.4 Å². The predicted molar refractivity (Wildman–Crippen MR) is 69.0 cm³/mol. The molecule has 0 bridgehead atoms. The summed E-state index contributed by atoms with van der Waals surface area (Å²) in [5.41, 5.74) is 7.47. The number of hydrogen-bond donors (Lipinski definition) is 1. The minimum Gasteiger partial charge on any atom is -0.487 e. The van der Waals surface area contributed by atoms with Gasteiger partial charge in [0.05, 0.1) is 5.69 Å². The highest BCUT2D eigenvalue weighted by Gasteiger charge is 2.17. The second-order valence-corrected chi connectivity index (χ2v) is 4.13. The standard InChI is InChI=1S/C14H14N2O3/c15-7-10-5-13-14(19-9-18-13)6-12(10)17-8-11-3-1-2-4-16-11/h1-6H,7-9,15H2. The van der Waals surface area contributed by atoms with E-state index < -0.39 is 0 Å². The molecular weight excluding hydrogens is 244 g/mol. The van der Waals surface area contributed by atoms with Crippen LogP contribution in [0.4, 0.5) is 0 Å². The van der Waals surface area contributed by atoms with E-state index in [9.17, 15) is 0 Å². The highest BCUT2D eigenvalue weighted by Crippen LogP contribution is 2.38. The molecule has 19 heavy (non-hydrogen) atoms. The van der Waals surface area contributed by atoms with Crippen LogP contribution < -0.4 is 19.9 Å². The molecule has 2 N–H and O–H groups in total. The Hall–Kier alpha value is -2.27. The molecule has 0 amide bonds. The van der Waals surface area contributed by atoms with Gasteiger partial charge in [-0.15, -0.1) is 0 Å². The smallest absolute Gasteiger partial charge is 0.231 e. The van der Waals surface area contributed by atoms with Gasteiger partial charge >= 0.3 is 0 Å². The van der Waals surface area contributed by atoms with E-state index in [-0.39, 0.29) is 6.79 Å². The largest absolute Gasteiger partial charge is 0.487 e. The Labute approximate surface area is 110 Å². The number of aromatic nitrogens is 1. The lowest BCUT2D eigenvalue weighted by Crippen LogP contribution is -2.03. The van der Waals surface area contributed by atoms with E-state index in [1.807, 2.05) is 30.3 Å². The summed E-state index contributed by atoms with van der Waals surface area (Å²) in [6, 6.07) is 9.38. The third-order valence-corrected chi connectivity index (χ3v) is 2.88. The van der Waals surface area contributed by atoms with Crippen LogP contribution in [0.3, 0.4) is 0 Å². The van der Waals surface area contributed by atoms with E-state index in [0.717, 1.165) is 11.3 Å². The molecule has 0 atom stereocenters. The third-order valence-electron chi connectivity index (χ3n) is 2.88. The number of hydrogen-bond acceptors (Lipinski definition) is 5. The maximum atomic E-state index is 5.76. The van der Waals surface area contributed by atoms with E-state index in [2.05, 4.69) is 4.98 Å². The fourth-order valence-corrected chi connectivity index (χ4v) is 1.89. The first-order valence-corrected chi connectivity index (χ1v) is 6.02. The predicted octanol–water partition coefficient (Wildman–Crippen LogP) is 1.85. The number of fused-ring (bicyclic) bond motifs is 1. The molecule has 1 aromatic heterocycles. The molecule has 0 aliphatic carbocycles. The number of pyridine rings is 1. The van der Waals surface area contributed by atoms with Gasteiger partial charge in [-0.1, -0.05) is 6.07 Å². The Bertz CT molecular complexity index is 572. The number of benzene rings is 1. The second kappa shape index (κ2) is 5.16. The van der Waals surface area contributed by atoms with Gasteiger partial charge in [-0.3, -0.25) is 4.98 Å². The first-order valence-electron chi connectivity index (χ1n) is 6.02. The molecule has 98 valence electrons. The summed E-state index contributed by atoms with van der Waals surface area (Å²) < 4.78 is 16.4. The van der Waals surface area contributed by atoms with E-state index >= 15 is 0 Å². The summed E-state index contributed by atoms with van der Waals surface area (Å²) in [6.45, 7) is 1.02. The van der Waals surface area contributed by atoms with Crippen molar-refractivity contribution >= 4 is 0 Å². The van der Waals surface area contributed by atoms with Crippen molar-refractivity contribution in [1.82, 2.24) is 4.98 Å². The van der Waals surface area contributed by atoms with Gasteiger partial charge < -0.3 is 19.9 Å². The van der Waals surface area contributed by atoms with Gasteiger partial charge in [0.15, 0.2) is 11.5 Å². The van der Waals surface area contributed by atoms with Gasteiger partial charge in [-0.05, 0) is 18.2 Å². The van der Waals surface area contributed by atoms with Crippen LogP contribution >= 0.6 is 0 Å². The Morgan fingerprint density at radius 2 is 2.05 bits per heavy atom. The van der Waals surface area contributed by atoms with Gasteiger partial charge in [0.2, 0.25) is 6.79 Å². The molecule has 0 radical (unpaired) electrons. The monoisotopic (exact) mass is 258 g/mol. The number of nitrogens with zero attached hydrogens (tertiary/aromatic N) is 1. The molecular formula is C14H14N2O3. The summed E-state index contributed by atoms with van der Waals surface area (Å²) >= 11 is 0. The van der Waals surface area contributed by atoms with Crippen LogP contribution in [-0.2, 0) is 13.2 Å². The molecule has 1 aromatic carbocycles. The van der Waals surface area contributed by atoms with Gasteiger partial charge in [0.25, 0.3) is 0 Å².